The van der Waals surface area contributed by atoms with E-state index in [-0.39, 0.29) is 15.9 Å². The van der Waals surface area contributed by atoms with Crippen LogP contribution in [0.5, 0.6) is 5.75 Å². The van der Waals surface area contributed by atoms with Crippen molar-refractivity contribution in [2.75, 3.05) is 7.11 Å². The SMILES string of the molecule is CCCCCCCC(=O)Sc1cccc([Si](C)(OC)Oc2ccc(C(C)(C)C)cc2C(C)(C)C)c1. The first kappa shape index (κ1) is 29.7. The van der Waals surface area contributed by atoms with Crippen molar-refractivity contribution in [3.05, 3.63) is 53.6 Å². The molecule has 35 heavy (non-hydrogen) atoms. The quantitative estimate of drug-likeness (QED) is 0.172. The summed E-state index contributed by atoms with van der Waals surface area (Å²) in [5, 5.41) is 1.26. The van der Waals surface area contributed by atoms with E-state index < -0.39 is 8.56 Å². The van der Waals surface area contributed by atoms with Crippen LogP contribution >= 0.6 is 11.8 Å². The zero-order chi connectivity index (χ0) is 26.3. The predicted molar refractivity (Wildman–Crippen MR) is 153 cm³/mol. The molecule has 194 valence electrons. The number of hydrogen-bond acceptors (Lipinski definition) is 4. The highest BCUT2D eigenvalue weighted by Gasteiger charge is 2.37. The van der Waals surface area contributed by atoms with E-state index in [1.54, 1.807) is 7.11 Å². The highest BCUT2D eigenvalue weighted by molar-refractivity contribution is 8.13. The Morgan fingerprint density at radius 2 is 1.60 bits per heavy atom. The summed E-state index contributed by atoms with van der Waals surface area (Å²) in [6.45, 7) is 17.7. The Bertz CT molecular complexity index is 974. The minimum atomic E-state index is -2.76. The van der Waals surface area contributed by atoms with E-state index in [1.165, 1.54) is 42.2 Å². The first-order valence-corrected chi connectivity index (χ1v) is 16.1. The molecule has 2 aromatic carbocycles. The molecular formula is C30H46O3SSi. The molecule has 0 aliphatic carbocycles. The summed E-state index contributed by atoms with van der Waals surface area (Å²) in [6.07, 6.45) is 6.42. The van der Waals surface area contributed by atoms with Crippen molar-refractivity contribution in [3.8, 4) is 5.75 Å². The lowest BCUT2D eigenvalue weighted by atomic mass is 9.80. The molecule has 1 unspecified atom stereocenters. The first-order chi connectivity index (χ1) is 16.3. The van der Waals surface area contributed by atoms with Gasteiger partial charge < -0.3 is 8.85 Å². The third-order valence-electron chi connectivity index (χ3n) is 6.42. The third kappa shape index (κ3) is 8.80. The van der Waals surface area contributed by atoms with Gasteiger partial charge in [-0.3, -0.25) is 4.79 Å². The van der Waals surface area contributed by atoms with Crippen molar-refractivity contribution in [2.24, 2.45) is 0 Å². The second-order valence-electron chi connectivity index (χ2n) is 11.6. The Kier molecular flexibility index (Phi) is 10.7. The van der Waals surface area contributed by atoms with Crippen LogP contribution in [-0.4, -0.2) is 20.8 Å². The largest absolute Gasteiger partial charge is 0.517 e. The van der Waals surface area contributed by atoms with Crippen LogP contribution in [0.25, 0.3) is 0 Å². The van der Waals surface area contributed by atoms with Crippen molar-refractivity contribution in [2.45, 2.75) is 109 Å². The van der Waals surface area contributed by atoms with Crippen molar-refractivity contribution >= 4 is 30.6 Å². The molecule has 3 nitrogen and oxygen atoms in total. The van der Waals surface area contributed by atoms with Crippen LogP contribution in [0.1, 0.15) is 98.1 Å². The fourth-order valence-corrected chi connectivity index (χ4v) is 6.79. The van der Waals surface area contributed by atoms with Gasteiger partial charge in [0.2, 0.25) is 0 Å². The summed E-state index contributed by atoms with van der Waals surface area (Å²) in [7, 11) is -1.03. The van der Waals surface area contributed by atoms with E-state index >= 15 is 0 Å². The molecule has 0 heterocycles. The van der Waals surface area contributed by atoms with Crippen LogP contribution in [0.2, 0.25) is 6.55 Å². The smallest absolute Gasteiger partial charge is 0.430 e. The highest BCUT2D eigenvalue weighted by Crippen LogP contribution is 2.36. The first-order valence-electron chi connectivity index (χ1n) is 13.0. The van der Waals surface area contributed by atoms with Gasteiger partial charge in [0, 0.05) is 23.6 Å². The Labute approximate surface area is 219 Å². The molecule has 0 bridgehead atoms. The maximum absolute atomic E-state index is 12.5. The zero-order valence-electron chi connectivity index (χ0n) is 23.4. The van der Waals surface area contributed by atoms with Gasteiger partial charge in [-0.15, -0.1) is 0 Å². The Morgan fingerprint density at radius 1 is 0.914 bits per heavy atom. The van der Waals surface area contributed by atoms with E-state index in [2.05, 4.69) is 85.3 Å². The van der Waals surface area contributed by atoms with Crippen LogP contribution in [-0.2, 0) is 20.1 Å². The molecule has 0 radical (unpaired) electrons. The van der Waals surface area contributed by atoms with Gasteiger partial charge in [-0.05, 0) is 53.1 Å². The molecule has 0 spiro atoms. The van der Waals surface area contributed by atoms with Crippen molar-refractivity contribution < 1.29 is 13.6 Å². The number of rotatable bonds is 11. The van der Waals surface area contributed by atoms with E-state index in [4.69, 9.17) is 8.85 Å². The Morgan fingerprint density at radius 3 is 2.20 bits per heavy atom. The average Bonchev–Trinajstić information content (AvgIpc) is 2.77. The molecule has 1 atom stereocenters. The molecule has 0 amide bonds. The van der Waals surface area contributed by atoms with Crippen LogP contribution in [0.3, 0.4) is 0 Å². The molecule has 2 aromatic rings. The number of thioether (sulfide) groups is 1. The van der Waals surface area contributed by atoms with E-state index in [0.717, 1.165) is 28.7 Å². The maximum Gasteiger partial charge on any atom is 0.430 e. The summed E-state index contributed by atoms with van der Waals surface area (Å²) in [5.41, 5.74) is 2.47. The molecular weight excluding hydrogens is 468 g/mol. The van der Waals surface area contributed by atoms with E-state index in [0.29, 0.717) is 6.42 Å². The number of carbonyl (C=O) groups is 1. The number of benzene rings is 2. The second-order valence-corrected chi connectivity index (χ2v) is 15.8. The topological polar surface area (TPSA) is 35.5 Å². The van der Waals surface area contributed by atoms with Gasteiger partial charge in [-0.1, -0.05) is 110 Å². The summed E-state index contributed by atoms with van der Waals surface area (Å²) in [4.78, 5) is 13.5. The molecule has 0 fully saturated rings. The van der Waals surface area contributed by atoms with Crippen molar-refractivity contribution in [1.29, 1.82) is 0 Å². The number of hydrogen-bond donors (Lipinski definition) is 0. The fourth-order valence-electron chi connectivity index (χ4n) is 4.00. The molecule has 0 N–H and O–H groups in total. The van der Waals surface area contributed by atoms with Gasteiger partial charge in [0.1, 0.15) is 5.75 Å². The molecule has 0 aromatic heterocycles. The molecule has 0 aliphatic rings. The monoisotopic (exact) mass is 514 g/mol. The minimum absolute atomic E-state index is 0.0641. The number of carbonyl (C=O) groups excluding carboxylic acids is 1. The zero-order valence-corrected chi connectivity index (χ0v) is 25.2. The van der Waals surface area contributed by atoms with Gasteiger partial charge in [0.25, 0.3) is 0 Å². The van der Waals surface area contributed by atoms with E-state index in [9.17, 15) is 4.79 Å². The Hall–Kier alpha value is -1.56. The molecule has 0 saturated carbocycles. The average molecular weight is 515 g/mol. The van der Waals surface area contributed by atoms with Gasteiger partial charge in [-0.2, -0.15) is 0 Å². The van der Waals surface area contributed by atoms with Crippen LogP contribution in [0.4, 0.5) is 0 Å². The molecule has 5 heteroatoms. The minimum Gasteiger partial charge on any atom is -0.517 e. The summed E-state index contributed by atoms with van der Waals surface area (Å²) < 4.78 is 12.8. The lowest BCUT2D eigenvalue weighted by molar-refractivity contribution is -0.111. The predicted octanol–water partition coefficient (Wildman–Crippen LogP) is 8.27. The molecule has 0 saturated heterocycles. The van der Waals surface area contributed by atoms with E-state index in [1.807, 2.05) is 12.1 Å². The van der Waals surface area contributed by atoms with Crippen LogP contribution in [0.15, 0.2) is 47.4 Å². The van der Waals surface area contributed by atoms with Gasteiger partial charge in [0.15, 0.2) is 5.12 Å². The lowest BCUT2D eigenvalue weighted by Crippen LogP contribution is -2.53. The fraction of sp³-hybridized carbons (Fsp3) is 0.567. The highest BCUT2D eigenvalue weighted by atomic mass is 32.2. The van der Waals surface area contributed by atoms with Gasteiger partial charge >= 0.3 is 8.56 Å². The second kappa shape index (κ2) is 12.6. The van der Waals surface area contributed by atoms with Gasteiger partial charge in [0.05, 0.1) is 0 Å². The summed E-state index contributed by atoms with van der Waals surface area (Å²) in [6, 6.07) is 14.7. The van der Waals surface area contributed by atoms with Crippen LogP contribution < -0.4 is 9.61 Å². The summed E-state index contributed by atoms with van der Waals surface area (Å²) in [5.74, 6) is 0.878. The standard InChI is InChI=1S/C30H46O3SSi/c1-10-11-12-13-14-18-28(31)34-24-16-15-17-25(22-24)35(9,32-8)33-27-20-19-23(29(2,3)4)21-26(27)30(5,6)7/h15-17,19-22H,10-14,18H2,1-9H3. The molecule has 0 aliphatic heterocycles. The number of unbranched alkanes of at least 4 members (excludes halogenated alkanes) is 4. The maximum atomic E-state index is 12.5. The van der Waals surface area contributed by atoms with Crippen molar-refractivity contribution in [3.63, 3.8) is 0 Å². The Balaban J connectivity index is 2.25. The van der Waals surface area contributed by atoms with Crippen molar-refractivity contribution in [1.82, 2.24) is 0 Å². The van der Waals surface area contributed by atoms with Gasteiger partial charge in [-0.25, -0.2) is 0 Å². The summed E-state index contributed by atoms with van der Waals surface area (Å²) >= 11 is 1.34. The van der Waals surface area contributed by atoms with Crippen LogP contribution in [0, 0.1) is 0 Å². The lowest BCUT2D eigenvalue weighted by Gasteiger charge is -2.32. The molecule has 2 rings (SSSR count). The normalized spacial score (nSPS) is 14.0. The third-order valence-corrected chi connectivity index (χ3v) is 10.1.